The molecule has 6 aromatic rings. The van der Waals surface area contributed by atoms with Gasteiger partial charge in [0.2, 0.25) is 0 Å². The largest absolute Gasteiger partial charge is 0.512 e. The van der Waals surface area contributed by atoms with Gasteiger partial charge in [0, 0.05) is 38.1 Å². The molecule has 40 heavy (non-hydrogen) atoms. The molecular weight excluding hydrogens is 671 g/mol. The summed E-state index contributed by atoms with van der Waals surface area (Å²) in [6.07, 6.45) is 3.10. The van der Waals surface area contributed by atoms with Gasteiger partial charge >= 0.3 is 0 Å². The van der Waals surface area contributed by atoms with Gasteiger partial charge in [-0.3, -0.25) is 9.78 Å². The minimum Gasteiger partial charge on any atom is -0.512 e. The smallest absolute Gasteiger partial charge is 0.155 e. The number of ketones is 1. The predicted octanol–water partition coefficient (Wildman–Crippen LogP) is 9.49. The first-order valence-corrected chi connectivity index (χ1v) is 13.2. The summed E-state index contributed by atoms with van der Waals surface area (Å²) in [5.41, 5.74) is 3.54. The van der Waals surface area contributed by atoms with E-state index in [2.05, 4.69) is 112 Å². The van der Waals surface area contributed by atoms with Crippen molar-refractivity contribution in [3.8, 4) is 11.3 Å². The van der Waals surface area contributed by atoms with Crippen LogP contribution in [0.3, 0.4) is 0 Å². The van der Waals surface area contributed by atoms with Crippen LogP contribution in [0.1, 0.15) is 40.2 Å². The summed E-state index contributed by atoms with van der Waals surface area (Å²) in [5.74, 6) is -0.0625. The van der Waals surface area contributed by atoms with Crippen LogP contribution in [0.2, 0.25) is 0 Å². The standard InChI is InChI=1S/C31H24N.C5H8O2.Ir/c1-31(2,3)22-13-15-24-21(18-22)12-14-28-27(24)16-17-32-30(28)29-19-20-8-4-5-9-23(20)25-10-6-7-11-26(25)29;1-4(6)3-5(2)7;/h4-18H,1-3H3;3,6H,1-2H3;/q-1;;/b;4-3-;. The fourth-order valence-corrected chi connectivity index (χ4v) is 5.11. The number of aromatic nitrogens is 1. The van der Waals surface area contributed by atoms with E-state index in [9.17, 15) is 4.79 Å². The zero-order valence-electron chi connectivity index (χ0n) is 23.4. The number of pyridine rings is 1. The molecule has 0 fully saturated rings. The van der Waals surface area contributed by atoms with E-state index in [1.54, 1.807) is 0 Å². The quantitative estimate of drug-likeness (QED) is 0.0847. The van der Waals surface area contributed by atoms with E-state index < -0.39 is 0 Å². The fourth-order valence-electron chi connectivity index (χ4n) is 5.11. The average molecular weight is 703 g/mol. The van der Waals surface area contributed by atoms with Crippen molar-refractivity contribution in [1.82, 2.24) is 4.98 Å². The molecule has 0 spiro atoms. The molecule has 0 aliphatic heterocycles. The Balaban J connectivity index is 0.000000413. The van der Waals surface area contributed by atoms with Gasteiger partial charge < -0.3 is 5.11 Å². The third-order valence-corrected chi connectivity index (χ3v) is 6.95. The average Bonchev–Trinajstić information content (AvgIpc) is 2.91. The number of aliphatic hydroxyl groups is 1. The summed E-state index contributed by atoms with van der Waals surface area (Å²) in [5, 5.41) is 18.1. The maximum absolute atomic E-state index is 10.0. The number of aliphatic hydroxyl groups excluding tert-OH is 1. The van der Waals surface area contributed by atoms with Gasteiger partial charge in [0.1, 0.15) is 0 Å². The normalized spacial score (nSPS) is 11.8. The Kier molecular flexibility index (Phi) is 8.54. The van der Waals surface area contributed by atoms with E-state index in [1.807, 2.05) is 6.20 Å². The predicted molar refractivity (Wildman–Crippen MR) is 164 cm³/mol. The maximum atomic E-state index is 10.0. The zero-order valence-corrected chi connectivity index (χ0v) is 25.8. The molecule has 6 rings (SSSR count). The van der Waals surface area contributed by atoms with E-state index in [1.165, 1.54) is 63.2 Å². The van der Waals surface area contributed by atoms with Crippen molar-refractivity contribution < 1.29 is 30.0 Å². The van der Waals surface area contributed by atoms with Crippen LogP contribution in [0.25, 0.3) is 54.3 Å². The fraction of sp³-hybridized carbons (Fsp3) is 0.167. The Morgan fingerprint density at radius 1 is 0.775 bits per heavy atom. The number of nitrogens with zero attached hydrogens (tertiary/aromatic N) is 1. The summed E-state index contributed by atoms with van der Waals surface area (Å²) in [6.45, 7) is 9.63. The van der Waals surface area contributed by atoms with Gasteiger partial charge in [-0.1, -0.05) is 115 Å². The monoisotopic (exact) mass is 703 g/mol. The first-order valence-electron chi connectivity index (χ1n) is 13.2. The van der Waals surface area contributed by atoms with Crippen molar-refractivity contribution in [2.45, 2.75) is 40.0 Å². The second kappa shape index (κ2) is 11.7. The van der Waals surface area contributed by atoms with E-state index in [0.29, 0.717) is 0 Å². The SMILES string of the molecule is CC(=O)/C=C(/C)O.CC(C)(C)c1ccc2c(ccc3c(-c4[c-]c5ccccc5c5ccccc45)nccc32)c1.[Ir]. The molecule has 1 heterocycles. The van der Waals surface area contributed by atoms with Crippen molar-refractivity contribution in [3.05, 3.63) is 115 Å². The molecule has 0 aliphatic rings. The molecule has 5 aromatic carbocycles. The van der Waals surface area contributed by atoms with Crippen LogP contribution in [0.4, 0.5) is 0 Å². The molecule has 0 saturated heterocycles. The first-order chi connectivity index (χ1) is 18.6. The molecule has 4 heteroatoms. The number of carbonyl (C=O) groups excluding carboxylic acids is 1. The van der Waals surface area contributed by atoms with Crippen LogP contribution in [-0.4, -0.2) is 15.9 Å². The van der Waals surface area contributed by atoms with Crippen molar-refractivity contribution in [2.75, 3.05) is 0 Å². The van der Waals surface area contributed by atoms with Crippen molar-refractivity contribution in [2.24, 2.45) is 0 Å². The number of fused-ring (bicyclic) bond motifs is 6. The molecule has 1 aromatic heterocycles. The van der Waals surface area contributed by atoms with Crippen LogP contribution in [0.15, 0.2) is 103 Å². The summed E-state index contributed by atoms with van der Waals surface area (Å²) < 4.78 is 0. The van der Waals surface area contributed by atoms with Crippen LogP contribution in [0.5, 0.6) is 0 Å². The van der Waals surface area contributed by atoms with Crippen molar-refractivity contribution in [3.63, 3.8) is 0 Å². The van der Waals surface area contributed by atoms with Gasteiger partial charge in [-0.2, -0.15) is 0 Å². The number of carbonyl (C=O) groups is 1. The Hall–Kier alpha value is -3.85. The van der Waals surface area contributed by atoms with Gasteiger partial charge in [-0.25, -0.2) is 0 Å². The number of hydrogen-bond donors (Lipinski definition) is 1. The van der Waals surface area contributed by atoms with E-state index in [-0.39, 0.29) is 37.1 Å². The van der Waals surface area contributed by atoms with Crippen molar-refractivity contribution in [1.29, 1.82) is 0 Å². The Bertz CT molecular complexity index is 1890. The van der Waals surface area contributed by atoms with E-state index >= 15 is 0 Å². The number of allylic oxidation sites excluding steroid dienone is 2. The topological polar surface area (TPSA) is 50.2 Å². The third kappa shape index (κ3) is 5.84. The molecule has 1 N–H and O–H groups in total. The zero-order chi connectivity index (χ0) is 27.7. The van der Waals surface area contributed by atoms with E-state index in [0.717, 1.165) is 16.6 Å². The summed E-state index contributed by atoms with van der Waals surface area (Å²) in [4.78, 5) is 14.9. The van der Waals surface area contributed by atoms with Crippen LogP contribution >= 0.6 is 0 Å². The second-order valence-corrected chi connectivity index (χ2v) is 11.0. The molecule has 3 nitrogen and oxygen atoms in total. The molecule has 0 bridgehead atoms. The van der Waals surface area contributed by atoms with Gasteiger partial charge in [-0.15, -0.1) is 17.5 Å². The molecule has 0 amide bonds. The molecular formula is C36H32IrNO2-. The molecule has 0 atom stereocenters. The molecule has 0 aliphatic carbocycles. The summed E-state index contributed by atoms with van der Waals surface area (Å²) in [7, 11) is 0. The Morgan fingerprint density at radius 3 is 2.05 bits per heavy atom. The maximum Gasteiger partial charge on any atom is 0.155 e. The first kappa shape index (κ1) is 29.1. The number of rotatable bonds is 2. The Labute approximate surface area is 248 Å². The molecule has 0 unspecified atom stereocenters. The minimum absolute atomic E-state index is 0. The summed E-state index contributed by atoms with van der Waals surface area (Å²) in [6, 6.07) is 34.2. The van der Waals surface area contributed by atoms with Gasteiger partial charge in [-0.05, 0) is 52.4 Å². The van der Waals surface area contributed by atoms with Gasteiger partial charge in [0.15, 0.2) is 5.78 Å². The Morgan fingerprint density at radius 2 is 1.40 bits per heavy atom. The van der Waals surface area contributed by atoms with Gasteiger partial charge in [0.25, 0.3) is 0 Å². The van der Waals surface area contributed by atoms with E-state index in [4.69, 9.17) is 10.1 Å². The van der Waals surface area contributed by atoms with Crippen LogP contribution in [0, 0.1) is 6.07 Å². The third-order valence-electron chi connectivity index (χ3n) is 6.95. The van der Waals surface area contributed by atoms with Gasteiger partial charge in [0.05, 0.1) is 5.76 Å². The minimum atomic E-state index is -0.125. The molecule has 203 valence electrons. The van der Waals surface area contributed by atoms with Crippen LogP contribution in [-0.2, 0) is 30.3 Å². The summed E-state index contributed by atoms with van der Waals surface area (Å²) >= 11 is 0. The van der Waals surface area contributed by atoms with Crippen LogP contribution < -0.4 is 0 Å². The number of benzene rings is 5. The van der Waals surface area contributed by atoms with Crippen molar-refractivity contribution >= 4 is 48.9 Å². The molecule has 1 radical (unpaired) electrons. The second-order valence-electron chi connectivity index (χ2n) is 11.0. The number of hydrogen-bond acceptors (Lipinski definition) is 3. The molecule has 0 saturated carbocycles.